The van der Waals surface area contributed by atoms with Crippen LogP contribution in [0.3, 0.4) is 0 Å². The van der Waals surface area contributed by atoms with Crippen LogP contribution in [0, 0.1) is 0 Å². The van der Waals surface area contributed by atoms with E-state index in [-0.39, 0.29) is 18.0 Å². The highest BCUT2D eigenvalue weighted by molar-refractivity contribution is 7.80. The highest BCUT2D eigenvalue weighted by atomic mass is 32.1. The van der Waals surface area contributed by atoms with Crippen molar-refractivity contribution in [2.45, 2.75) is 20.3 Å². The van der Waals surface area contributed by atoms with Crippen LogP contribution in [0.4, 0.5) is 0 Å². The Balaban J connectivity index is 3.06. The molecule has 0 amide bonds. The van der Waals surface area contributed by atoms with Gasteiger partial charge in [-0.2, -0.15) is 0 Å². The SMILES string of the molecule is C/C=C(C(=O)OC)/C(=C\c1ccccc1)NC(=S)CC(=O)OCC. The summed E-state index contributed by atoms with van der Waals surface area (Å²) in [5, 5.41) is 2.94. The maximum atomic E-state index is 12.0. The largest absolute Gasteiger partial charge is 0.466 e. The lowest BCUT2D eigenvalue weighted by Crippen LogP contribution is -2.27. The molecule has 0 atom stereocenters. The zero-order valence-electron chi connectivity index (χ0n) is 14.0. The van der Waals surface area contributed by atoms with Gasteiger partial charge in [-0.3, -0.25) is 4.79 Å². The number of allylic oxidation sites excluding steroid dienone is 1. The molecule has 0 aliphatic heterocycles. The molecule has 0 aliphatic carbocycles. The van der Waals surface area contributed by atoms with Gasteiger partial charge in [0.1, 0.15) is 0 Å². The number of nitrogens with one attached hydrogen (secondary N) is 1. The first-order valence-corrected chi connectivity index (χ1v) is 7.89. The van der Waals surface area contributed by atoms with Crippen molar-refractivity contribution >= 4 is 35.2 Å². The summed E-state index contributed by atoms with van der Waals surface area (Å²) in [6.07, 6.45) is 3.33. The van der Waals surface area contributed by atoms with E-state index in [1.54, 1.807) is 26.0 Å². The zero-order chi connectivity index (χ0) is 17.9. The van der Waals surface area contributed by atoms with Gasteiger partial charge in [-0.25, -0.2) is 4.79 Å². The number of hydrogen-bond acceptors (Lipinski definition) is 5. The van der Waals surface area contributed by atoms with Gasteiger partial charge < -0.3 is 14.8 Å². The standard InChI is InChI=1S/C18H21NO4S/c1-4-14(18(21)22-3)15(11-13-9-7-6-8-10-13)19-16(24)12-17(20)23-5-2/h4,6-11H,5,12H2,1-3H3,(H,19,24)/b14-4-,15-11+. The summed E-state index contributed by atoms with van der Waals surface area (Å²) in [5.41, 5.74) is 1.67. The van der Waals surface area contributed by atoms with Gasteiger partial charge >= 0.3 is 11.9 Å². The molecule has 0 bridgehead atoms. The Morgan fingerprint density at radius 1 is 1.25 bits per heavy atom. The van der Waals surface area contributed by atoms with Crippen LogP contribution in [0.2, 0.25) is 0 Å². The van der Waals surface area contributed by atoms with Crippen molar-refractivity contribution in [2.24, 2.45) is 0 Å². The number of methoxy groups -OCH3 is 1. The van der Waals surface area contributed by atoms with Gasteiger partial charge in [-0.05, 0) is 25.5 Å². The fourth-order valence-electron chi connectivity index (χ4n) is 1.93. The third-order valence-electron chi connectivity index (χ3n) is 2.98. The summed E-state index contributed by atoms with van der Waals surface area (Å²) in [5.74, 6) is -0.916. The van der Waals surface area contributed by atoms with Crippen molar-refractivity contribution in [2.75, 3.05) is 13.7 Å². The van der Waals surface area contributed by atoms with Gasteiger partial charge in [-0.1, -0.05) is 48.6 Å². The van der Waals surface area contributed by atoms with Crippen molar-refractivity contribution in [3.8, 4) is 0 Å². The van der Waals surface area contributed by atoms with E-state index in [9.17, 15) is 9.59 Å². The normalized spacial score (nSPS) is 11.6. The molecule has 0 spiro atoms. The van der Waals surface area contributed by atoms with Crippen LogP contribution in [0.5, 0.6) is 0 Å². The van der Waals surface area contributed by atoms with Crippen molar-refractivity contribution in [3.63, 3.8) is 0 Å². The number of hydrogen-bond donors (Lipinski definition) is 1. The Kier molecular flexibility index (Phi) is 8.43. The predicted molar refractivity (Wildman–Crippen MR) is 97.2 cm³/mol. The van der Waals surface area contributed by atoms with E-state index in [0.29, 0.717) is 11.3 Å². The molecule has 1 aromatic carbocycles. The lowest BCUT2D eigenvalue weighted by Gasteiger charge is -2.14. The van der Waals surface area contributed by atoms with Gasteiger partial charge in [0.2, 0.25) is 0 Å². The number of thiocarbonyl (C=S) groups is 1. The fraction of sp³-hybridized carbons (Fsp3) is 0.278. The van der Waals surface area contributed by atoms with Crippen molar-refractivity contribution in [3.05, 3.63) is 53.2 Å². The van der Waals surface area contributed by atoms with E-state index >= 15 is 0 Å². The molecule has 0 aromatic heterocycles. The van der Waals surface area contributed by atoms with Crippen LogP contribution in [0.1, 0.15) is 25.8 Å². The first kappa shape index (κ1) is 19.6. The maximum absolute atomic E-state index is 12.0. The minimum absolute atomic E-state index is 0.0620. The van der Waals surface area contributed by atoms with Crippen LogP contribution in [0.15, 0.2) is 47.7 Å². The Hall–Kier alpha value is -2.47. The van der Waals surface area contributed by atoms with Crippen molar-refractivity contribution < 1.29 is 19.1 Å². The highest BCUT2D eigenvalue weighted by Crippen LogP contribution is 2.15. The third-order valence-corrected chi connectivity index (χ3v) is 3.23. The van der Waals surface area contributed by atoms with E-state index in [4.69, 9.17) is 21.7 Å². The number of ether oxygens (including phenoxy) is 2. The second kappa shape index (κ2) is 10.3. The second-order valence-corrected chi connectivity index (χ2v) is 5.19. The van der Waals surface area contributed by atoms with Crippen molar-refractivity contribution in [1.82, 2.24) is 5.32 Å². The van der Waals surface area contributed by atoms with Gasteiger partial charge in [0.05, 0.1) is 36.4 Å². The molecule has 0 aliphatic rings. The topological polar surface area (TPSA) is 64.6 Å². The van der Waals surface area contributed by atoms with Crippen LogP contribution >= 0.6 is 12.2 Å². The van der Waals surface area contributed by atoms with E-state index in [0.717, 1.165) is 5.56 Å². The molecule has 0 radical (unpaired) electrons. The minimum Gasteiger partial charge on any atom is -0.466 e. The van der Waals surface area contributed by atoms with Crippen LogP contribution in [-0.2, 0) is 19.1 Å². The van der Waals surface area contributed by atoms with Gasteiger partial charge in [0, 0.05) is 0 Å². The fourth-order valence-corrected chi connectivity index (χ4v) is 2.16. The van der Waals surface area contributed by atoms with Crippen LogP contribution in [-0.4, -0.2) is 30.6 Å². The number of esters is 2. The van der Waals surface area contributed by atoms with Crippen LogP contribution < -0.4 is 5.32 Å². The molecule has 1 rings (SSSR count). The molecule has 0 heterocycles. The molecule has 1 N–H and O–H groups in total. The van der Waals surface area contributed by atoms with Crippen LogP contribution in [0.25, 0.3) is 6.08 Å². The molecular formula is C18H21NO4S. The Morgan fingerprint density at radius 3 is 2.46 bits per heavy atom. The molecule has 0 fully saturated rings. The highest BCUT2D eigenvalue weighted by Gasteiger charge is 2.17. The molecule has 128 valence electrons. The number of carbonyl (C=O) groups excluding carboxylic acids is 2. The van der Waals surface area contributed by atoms with E-state index < -0.39 is 11.9 Å². The molecule has 24 heavy (non-hydrogen) atoms. The lowest BCUT2D eigenvalue weighted by molar-refractivity contribution is -0.141. The van der Waals surface area contributed by atoms with Gasteiger partial charge in [-0.15, -0.1) is 0 Å². The summed E-state index contributed by atoms with van der Waals surface area (Å²) >= 11 is 5.19. The zero-order valence-corrected chi connectivity index (χ0v) is 14.8. The summed E-state index contributed by atoms with van der Waals surface area (Å²) in [7, 11) is 1.31. The first-order chi connectivity index (χ1) is 11.5. The monoisotopic (exact) mass is 347 g/mol. The smallest absolute Gasteiger partial charge is 0.339 e. The minimum atomic E-state index is -0.494. The molecule has 0 saturated carbocycles. The first-order valence-electron chi connectivity index (χ1n) is 7.49. The second-order valence-electron chi connectivity index (χ2n) is 4.69. The van der Waals surface area contributed by atoms with E-state index in [1.165, 1.54) is 7.11 Å². The summed E-state index contributed by atoms with van der Waals surface area (Å²) in [4.78, 5) is 23.8. The molecule has 0 unspecified atom stereocenters. The molecule has 0 saturated heterocycles. The number of rotatable bonds is 7. The molecular weight excluding hydrogens is 326 g/mol. The maximum Gasteiger partial charge on any atom is 0.339 e. The quantitative estimate of drug-likeness (QED) is 0.354. The average molecular weight is 347 g/mol. The summed E-state index contributed by atoms with van der Waals surface area (Å²) in [6.45, 7) is 3.74. The number of benzene rings is 1. The third kappa shape index (κ3) is 6.34. The Labute approximate surface area is 147 Å². The van der Waals surface area contributed by atoms with Crippen molar-refractivity contribution in [1.29, 1.82) is 0 Å². The summed E-state index contributed by atoms with van der Waals surface area (Å²) in [6, 6.07) is 9.44. The molecule has 1 aromatic rings. The summed E-state index contributed by atoms with van der Waals surface area (Å²) < 4.78 is 9.68. The number of carbonyl (C=O) groups is 2. The Bertz CT molecular complexity index is 650. The molecule has 6 heteroatoms. The van der Waals surface area contributed by atoms with E-state index in [2.05, 4.69) is 5.32 Å². The van der Waals surface area contributed by atoms with E-state index in [1.807, 2.05) is 30.3 Å². The molecule has 5 nitrogen and oxygen atoms in total. The lowest BCUT2D eigenvalue weighted by atomic mass is 10.1. The van der Waals surface area contributed by atoms with Gasteiger partial charge in [0.15, 0.2) is 0 Å². The predicted octanol–water partition coefficient (Wildman–Crippen LogP) is 3.02. The average Bonchev–Trinajstić information content (AvgIpc) is 2.56. The van der Waals surface area contributed by atoms with Gasteiger partial charge in [0.25, 0.3) is 0 Å². The Morgan fingerprint density at radius 2 is 1.92 bits per heavy atom.